The molecule has 1 saturated heterocycles. The van der Waals surface area contributed by atoms with Crippen LogP contribution in [0, 0.1) is 5.92 Å². The summed E-state index contributed by atoms with van der Waals surface area (Å²) in [6.45, 7) is 6.44. The van der Waals surface area contributed by atoms with Crippen molar-refractivity contribution < 1.29 is 9.90 Å². The summed E-state index contributed by atoms with van der Waals surface area (Å²) in [4.78, 5) is 22.7. The van der Waals surface area contributed by atoms with Crippen molar-refractivity contribution in [2.75, 3.05) is 25.4 Å². The van der Waals surface area contributed by atoms with Gasteiger partial charge in [0.25, 0.3) is 0 Å². The molecule has 1 aliphatic rings. The first-order chi connectivity index (χ1) is 17.5. The Hall–Kier alpha value is -3.17. The molecule has 0 bridgehead atoms. The van der Waals surface area contributed by atoms with E-state index in [1.807, 2.05) is 6.07 Å². The highest BCUT2D eigenvalue weighted by molar-refractivity contribution is 7.18. The van der Waals surface area contributed by atoms with Crippen molar-refractivity contribution >= 4 is 44.5 Å². The molecule has 0 saturated carbocycles. The molecule has 0 radical (unpaired) electrons. The van der Waals surface area contributed by atoms with Crippen LogP contribution in [0.2, 0.25) is 0 Å². The summed E-state index contributed by atoms with van der Waals surface area (Å²) < 4.78 is 3.49. The fraction of sp³-hybridized carbons (Fsp3) is 0.444. The van der Waals surface area contributed by atoms with Gasteiger partial charge >= 0.3 is 6.09 Å². The summed E-state index contributed by atoms with van der Waals surface area (Å²) in [5.41, 5.74) is 11.7. The molecule has 190 valence electrons. The van der Waals surface area contributed by atoms with Gasteiger partial charge in [0.15, 0.2) is 5.82 Å². The molecule has 1 aliphatic heterocycles. The number of imidazole rings is 1. The number of pyridine rings is 1. The number of nitrogen functional groups attached to an aromatic ring is 1. The number of anilines is 1. The molecule has 0 aliphatic carbocycles. The number of thiophene rings is 1. The van der Waals surface area contributed by atoms with E-state index < -0.39 is 6.09 Å². The number of piperidine rings is 1. The van der Waals surface area contributed by atoms with Crippen molar-refractivity contribution in [1.29, 1.82) is 0 Å². The number of nitrogens with two attached hydrogens (primary N) is 1. The second-order valence-electron chi connectivity index (χ2n) is 9.77. The first-order valence-corrected chi connectivity index (χ1v) is 13.7. The van der Waals surface area contributed by atoms with Crippen LogP contribution in [0.5, 0.6) is 0 Å². The lowest BCUT2D eigenvalue weighted by atomic mass is 9.96. The molecule has 3 aromatic heterocycles. The minimum absolute atomic E-state index is 0.436. The second kappa shape index (κ2) is 10.8. The minimum atomic E-state index is -0.932. The van der Waals surface area contributed by atoms with Gasteiger partial charge in [0.2, 0.25) is 0 Å². The summed E-state index contributed by atoms with van der Waals surface area (Å²) in [5.74, 6) is 2.02. The van der Waals surface area contributed by atoms with Crippen molar-refractivity contribution in [2.24, 2.45) is 5.92 Å². The molecular formula is C27H34N6O2S. The summed E-state index contributed by atoms with van der Waals surface area (Å²) >= 11 is 1.70. The summed E-state index contributed by atoms with van der Waals surface area (Å²) in [6, 6.07) is 10.9. The molecule has 8 nitrogen and oxygen atoms in total. The maximum atomic E-state index is 10.7. The molecule has 0 unspecified atom stereocenters. The van der Waals surface area contributed by atoms with Gasteiger partial charge in [-0.3, -0.25) is 4.90 Å². The zero-order valence-electron chi connectivity index (χ0n) is 20.7. The van der Waals surface area contributed by atoms with Crippen LogP contribution in [-0.2, 0) is 19.5 Å². The number of hydrogen-bond acceptors (Lipinski definition) is 6. The molecule has 4 heterocycles. The number of aryl methyl sites for hydroxylation is 1. The van der Waals surface area contributed by atoms with Gasteiger partial charge in [-0.1, -0.05) is 37.6 Å². The van der Waals surface area contributed by atoms with Crippen LogP contribution in [0.1, 0.15) is 49.6 Å². The van der Waals surface area contributed by atoms with E-state index in [1.165, 1.54) is 11.1 Å². The van der Waals surface area contributed by atoms with Crippen molar-refractivity contribution in [3.8, 4) is 0 Å². The smallest absolute Gasteiger partial charge is 0.404 e. The maximum absolute atomic E-state index is 10.7. The summed E-state index contributed by atoms with van der Waals surface area (Å²) in [7, 11) is 0. The minimum Gasteiger partial charge on any atom is -0.465 e. The predicted molar refractivity (Wildman–Crippen MR) is 146 cm³/mol. The number of carboxylic acid groups (broad SMARTS) is 1. The van der Waals surface area contributed by atoms with Crippen LogP contribution in [0.3, 0.4) is 0 Å². The van der Waals surface area contributed by atoms with Crippen molar-refractivity contribution in [3.63, 3.8) is 0 Å². The number of carbonyl (C=O) groups is 1. The maximum Gasteiger partial charge on any atom is 0.404 e. The number of aromatic nitrogens is 3. The van der Waals surface area contributed by atoms with E-state index in [-0.39, 0.29) is 0 Å². The van der Waals surface area contributed by atoms with Gasteiger partial charge in [-0.15, -0.1) is 11.3 Å². The highest BCUT2D eigenvalue weighted by atomic mass is 32.1. The topological polar surface area (TPSA) is 109 Å². The number of amides is 1. The van der Waals surface area contributed by atoms with E-state index in [0.717, 1.165) is 85.4 Å². The molecule has 1 amide bonds. The largest absolute Gasteiger partial charge is 0.465 e. The fourth-order valence-corrected chi connectivity index (χ4v) is 6.01. The molecule has 4 aromatic rings. The Morgan fingerprint density at radius 3 is 2.56 bits per heavy atom. The molecule has 0 atom stereocenters. The van der Waals surface area contributed by atoms with Crippen molar-refractivity contribution in [1.82, 2.24) is 24.8 Å². The van der Waals surface area contributed by atoms with Gasteiger partial charge < -0.3 is 20.7 Å². The first kappa shape index (κ1) is 24.5. The second-order valence-corrected chi connectivity index (χ2v) is 10.7. The Morgan fingerprint density at radius 1 is 1.14 bits per heavy atom. The Labute approximate surface area is 215 Å². The lowest BCUT2D eigenvalue weighted by Crippen LogP contribution is -2.37. The zero-order chi connectivity index (χ0) is 25.1. The molecular weight excluding hydrogens is 472 g/mol. The Morgan fingerprint density at radius 2 is 1.86 bits per heavy atom. The third kappa shape index (κ3) is 5.32. The zero-order valence-corrected chi connectivity index (χ0v) is 21.6. The summed E-state index contributed by atoms with van der Waals surface area (Å²) in [5, 5.41) is 13.4. The molecule has 5 rings (SSSR count). The van der Waals surface area contributed by atoms with Crippen LogP contribution in [0.25, 0.3) is 21.3 Å². The van der Waals surface area contributed by atoms with E-state index in [9.17, 15) is 4.79 Å². The van der Waals surface area contributed by atoms with Crippen molar-refractivity contribution in [2.45, 2.75) is 52.1 Å². The normalized spacial score (nSPS) is 15.1. The number of rotatable bonds is 9. The van der Waals surface area contributed by atoms with Gasteiger partial charge in [0.1, 0.15) is 11.3 Å². The van der Waals surface area contributed by atoms with Gasteiger partial charge in [-0.05, 0) is 60.8 Å². The monoisotopic (exact) mass is 506 g/mol. The number of fused-ring (bicyclic) bond motifs is 3. The number of nitrogens with zero attached hydrogens (tertiary/aromatic N) is 4. The third-order valence-electron chi connectivity index (χ3n) is 7.16. The van der Waals surface area contributed by atoms with Gasteiger partial charge in [-0.25, -0.2) is 14.8 Å². The van der Waals surface area contributed by atoms with Crippen LogP contribution >= 0.6 is 11.3 Å². The SMILES string of the molecule is CCCCc1nc2c(N)nc3ccsc3c2n1Cc1ccc(CN2CCC(CNC(=O)O)CC2)cc1. The third-order valence-corrected chi connectivity index (χ3v) is 8.07. The van der Waals surface area contributed by atoms with Crippen LogP contribution in [0.4, 0.5) is 10.6 Å². The van der Waals surface area contributed by atoms with Gasteiger partial charge in [0, 0.05) is 26.1 Å². The van der Waals surface area contributed by atoms with E-state index >= 15 is 0 Å². The van der Waals surface area contributed by atoms with E-state index in [4.69, 9.17) is 15.8 Å². The molecule has 4 N–H and O–H groups in total. The molecule has 9 heteroatoms. The Kier molecular flexibility index (Phi) is 7.38. The molecule has 1 aromatic carbocycles. The average molecular weight is 507 g/mol. The Balaban J connectivity index is 1.30. The predicted octanol–water partition coefficient (Wildman–Crippen LogP) is 5.10. The lowest BCUT2D eigenvalue weighted by Gasteiger charge is -2.31. The number of benzene rings is 1. The number of nitrogens with one attached hydrogen (secondary N) is 1. The van der Waals surface area contributed by atoms with Crippen LogP contribution < -0.4 is 11.1 Å². The standard InChI is InChI=1S/C27H34N6O2S/c1-2-3-4-22-31-23-24(25-21(11-14-36-25)30-26(23)28)33(22)17-20-7-5-19(6-8-20)16-32-12-9-18(10-13-32)15-29-27(34)35/h5-8,11,14,18,29H,2-4,9-10,12-13,15-17H2,1H3,(H2,28,30)(H,34,35). The van der Waals surface area contributed by atoms with Gasteiger partial charge in [-0.2, -0.15) is 0 Å². The number of hydrogen-bond donors (Lipinski definition) is 3. The highest BCUT2D eigenvalue weighted by Gasteiger charge is 2.20. The number of likely N-dealkylation sites (tertiary alicyclic amines) is 1. The quantitative estimate of drug-likeness (QED) is 0.291. The van der Waals surface area contributed by atoms with Crippen LogP contribution in [0.15, 0.2) is 35.7 Å². The Bertz CT molecular complexity index is 1340. The highest BCUT2D eigenvalue weighted by Crippen LogP contribution is 2.33. The van der Waals surface area contributed by atoms with E-state index in [1.54, 1.807) is 11.3 Å². The van der Waals surface area contributed by atoms with Gasteiger partial charge in [0.05, 0.1) is 15.7 Å². The number of unbranched alkanes of at least 4 members (excludes halogenated alkanes) is 1. The summed E-state index contributed by atoms with van der Waals surface area (Å²) in [6.07, 6.45) is 4.26. The fourth-order valence-electron chi connectivity index (χ4n) is 5.13. The van der Waals surface area contributed by atoms with E-state index in [2.05, 4.69) is 56.3 Å². The van der Waals surface area contributed by atoms with Crippen LogP contribution in [-0.4, -0.2) is 50.3 Å². The molecule has 1 fully saturated rings. The average Bonchev–Trinajstić information content (AvgIpc) is 3.48. The molecule has 36 heavy (non-hydrogen) atoms. The molecule has 0 spiro atoms. The first-order valence-electron chi connectivity index (χ1n) is 12.8. The van der Waals surface area contributed by atoms with E-state index in [0.29, 0.717) is 18.3 Å². The lowest BCUT2D eigenvalue weighted by molar-refractivity contribution is 0.166. The van der Waals surface area contributed by atoms with Crippen molar-refractivity contribution in [3.05, 3.63) is 52.7 Å².